The first-order valence-corrected chi connectivity index (χ1v) is 8.10. The molecule has 3 heterocycles. The average molecular weight is 307 g/mol. The van der Waals surface area contributed by atoms with Crippen LogP contribution in [0.1, 0.15) is 43.4 Å². The molecule has 0 bridgehead atoms. The maximum Gasteiger partial charge on any atom is 0.159 e. The summed E-state index contributed by atoms with van der Waals surface area (Å²) in [5.41, 5.74) is -0.128. The second kappa shape index (κ2) is 5.87. The Morgan fingerprint density at radius 3 is 2.86 bits per heavy atom. The SMILES string of the molecule is CC(C)(C)n1nc(Cc2cccs2)nc1[C@H]1COCCO1. The zero-order chi connectivity index (χ0) is 14.9. The zero-order valence-corrected chi connectivity index (χ0v) is 13.5. The van der Waals surface area contributed by atoms with Gasteiger partial charge in [-0.1, -0.05) is 6.07 Å². The van der Waals surface area contributed by atoms with Crippen molar-refractivity contribution >= 4 is 11.3 Å². The van der Waals surface area contributed by atoms with Crippen LogP contribution < -0.4 is 0 Å². The Hall–Kier alpha value is -1.24. The van der Waals surface area contributed by atoms with E-state index in [1.165, 1.54) is 4.88 Å². The number of aromatic nitrogens is 3. The van der Waals surface area contributed by atoms with Crippen LogP contribution in [0.25, 0.3) is 0 Å². The monoisotopic (exact) mass is 307 g/mol. The maximum absolute atomic E-state index is 5.80. The number of nitrogens with zero attached hydrogens (tertiary/aromatic N) is 3. The van der Waals surface area contributed by atoms with E-state index in [4.69, 9.17) is 19.6 Å². The first-order valence-electron chi connectivity index (χ1n) is 7.22. The van der Waals surface area contributed by atoms with Gasteiger partial charge in [-0.15, -0.1) is 11.3 Å². The molecule has 0 N–H and O–H groups in total. The minimum atomic E-state index is -0.128. The van der Waals surface area contributed by atoms with Gasteiger partial charge < -0.3 is 9.47 Å². The van der Waals surface area contributed by atoms with Crippen molar-refractivity contribution < 1.29 is 9.47 Å². The van der Waals surface area contributed by atoms with Crippen LogP contribution in [0.4, 0.5) is 0 Å². The standard InChI is InChI=1S/C15H21N3O2S/c1-15(2,3)18-14(12-10-19-6-7-20-12)16-13(17-18)9-11-5-4-8-21-11/h4-5,8,12H,6-7,9-10H2,1-3H3/t12-/m1/s1. The molecular formula is C15H21N3O2S. The molecular weight excluding hydrogens is 286 g/mol. The van der Waals surface area contributed by atoms with Crippen LogP contribution in [0.5, 0.6) is 0 Å². The summed E-state index contributed by atoms with van der Waals surface area (Å²) in [6.45, 7) is 8.20. The fraction of sp³-hybridized carbons (Fsp3) is 0.600. The van der Waals surface area contributed by atoms with Crippen molar-refractivity contribution in [3.63, 3.8) is 0 Å². The molecule has 2 aromatic heterocycles. The molecule has 21 heavy (non-hydrogen) atoms. The molecule has 5 nitrogen and oxygen atoms in total. The number of rotatable bonds is 3. The summed E-state index contributed by atoms with van der Waals surface area (Å²) in [6.07, 6.45) is 0.643. The van der Waals surface area contributed by atoms with E-state index in [0.717, 1.165) is 18.1 Å². The highest BCUT2D eigenvalue weighted by Gasteiger charge is 2.28. The van der Waals surface area contributed by atoms with Gasteiger partial charge in [0, 0.05) is 11.3 Å². The third-order valence-corrected chi connectivity index (χ3v) is 4.20. The molecule has 0 unspecified atom stereocenters. The maximum atomic E-state index is 5.80. The zero-order valence-electron chi connectivity index (χ0n) is 12.7. The molecule has 1 saturated heterocycles. The van der Waals surface area contributed by atoms with Gasteiger partial charge in [0.15, 0.2) is 11.6 Å². The topological polar surface area (TPSA) is 49.2 Å². The Kier molecular flexibility index (Phi) is 4.10. The predicted molar refractivity (Wildman–Crippen MR) is 81.7 cm³/mol. The van der Waals surface area contributed by atoms with E-state index in [9.17, 15) is 0 Å². The summed E-state index contributed by atoms with van der Waals surface area (Å²) in [7, 11) is 0. The van der Waals surface area contributed by atoms with E-state index < -0.39 is 0 Å². The fourth-order valence-corrected chi connectivity index (χ4v) is 3.05. The molecule has 0 amide bonds. The molecule has 0 saturated carbocycles. The second-order valence-electron chi connectivity index (χ2n) is 6.16. The quantitative estimate of drug-likeness (QED) is 0.875. The van der Waals surface area contributed by atoms with Crippen LogP contribution in [0.15, 0.2) is 17.5 Å². The first kappa shape index (κ1) is 14.7. The van der Waals surface area contributed by atoms with Gasteiger partial charge in [-0.05, 0) is 32.2 Å². The summed E-state index contributed by atoms with van der Waals surface area (Å²) < 4.78 is 13.3. The van der Waals surface area contributed by atoms with Gasteiger partial charge >= 0.3 is 0 Å². The minimum absolute atomic E-state index is 0.123. The van der Waals surface area contributed by atoms with Crippen LogP contribution in [-0.2, 0) is 21.4 Å². The second-order valence-corrected chi connectivity index (χ2v) is 7.19. The molecule has 1 atom stereocenters. The fourth-order valence-electron chi connectivity index (χ4n) is 2.35. The van der Waals surface area contributed by atoms with Crippen molar-refractivity contribution in [2.75, 3.05) is 19.8 Å². The summed E-state index contributed by atoms with van der Waals surface area (Å²) in [5.74, 6) is 1.71. The van der Waals surface area contributed by atoms with Crippen molar-refractivity contribution in [3.8, 4) is 0 Å². The number of hydrogen-bond acceptors (Lipinski definition) is 5. The number of ether oxygens (including phenoxy) is 2. The van der Waals surface area contributed by atoms with Crippen molar-refractivity contribution in [2.45, 2.75) is 38.8 Å². The van der Waals surface area contributed by atoms with Crippen molar-refractivity contribution in [1.82, 2.24) is 14.8 Å². The molecule has 3 rings (SSSR count). The highest BCUT2D eigenvalue weighted by molar-refractivity contribution is 7.09. The lowest BCUT2D eigenvalue weighted by Crippen LogP contribution is -2.31. The lowest BCUT2D eigenvalue weighted by atomic mass is 10.1. The molecule has 2 aromatic rings. The van der Waals surface area contributed by atoms with E-state index in [0.29, 0.717) is 19.8 Å². The summed E-state index contributed by atoms with van der Waals surface area (Å²) in [5, 5.41) is 6.79. The van der Waals surface area contributed by atoms with Gasteiger partial charge in [0.2, 0.25) is 0 Å². The number of hydrogen-bond donors (Lipinski definition) is 0. The van der Waals surface area contributed by atoms with Crippen LogP contribution in [0, 0.1) is 0 Å². The van der Waals surface area contributed by atoms with Gasteiger partial charge in [-0.25, -0.2) is 9.67 Å². The molecule has 0 aliphatic carbocycles. The third-order valence-electron chi connectivity index (χ3n) is 3.33. The van der Waals surface area contributed by atoms with Crippen molar-refractivity contribution in [3.05, 3.63) is 34.0 Å². The summed E-state index contributed by atoms with van der Waals surface area (Å²) >= 11 is 1.73. The van der Waals surface area contributed by atoms with Crippen molar-refractivity contribution in [2.24, 2.45) is 0 Å². The van der Waals surface area contributed by atoms with Gasteiger partial charge in [0.1, 0.15) is 6.10 Å². The molecule has 0 radical (unpaired) electrons. The third kappa shape index (κ3) is 3.33. The van der Waals surface area contributed by atoms with E-state index >= 15 is 0 Å². The summed E-state index contributed by atoms with van der Waals surface area (Å²) in [4.78, 5) is 6.00. The van der Waals surface area contributed by atoms with Gasteiger partial charge in [0.25, 0.3) is 0 Å². The Balaban J connectivity index is 1.91. The Labute approximate surface area is 128 Å². The van der Waals surface area contributed by atoms with E-state index in [1.54, 1.807) is 11.3 Å². The number of thiophene rings is 1. The largest absolute Gasteiger partial charge is 0.376 e. The average Bonchev–Trinajstić information content (AvgIpc) is 3.09. The normalized spacial score (nSPS) is 19.9. The smallest absolute Gasteiger partial charge is 0.159 e. The van der Waals surface area contributed by atoms with Gasteiger partial charge in [-0.3, -0.25) is 0 Å². The van der Waals surface area contributed by atoms with Crippen LogP contribution in [0.2, 0.25) is 0 Å². The van der Waals surface area contributed by atoms with Crippen LogP contribution in [0.3, 0.4) is 0 Å². The summed E-state index contributed by atoms with van der Waals surface area (Å²) in [6, 6.07) is 4.17. The Bertz CT molecular complexity index is 581. The Morgan fingerprint density at radius 2 is 2.24 bits per heavy atom. The Morgan fingerprint density at radius 1 is 1.38 bits per heavy atom. The first-order chi connectivity index (χ1) is 10.0. The van der Waals surface area contributed by atoms with E-state index in [2.05, 4.69) is 38.3 Å². The van der Waals surface area contributed by atoms with E-state index in [1.807, 2.05) is 4.68 Å². The lowest BCUT2D eigenvalue weighted by Gasteiger charge is -2.27. The predicted octanol–water partition coefficient (Wildman–Crippen LogP) is 2.77. The van der Waals surface area contributed by atoms with Gasteiger partial charge in [0.05, 0.1) is 25.4 Å². The molecule has 114 valence electrons. The van der Waals surface area contributed by atoms with Crippen molar-refractivity contribution in [1.29, 1.82) is 0 Å². The highest BCUT2D eigenvalue weighted by atomic mass is 32.1. The molecule has 1 aliphatic heterocycles. The lowest BCUT2D eigenvalue weighted by molar-refractivity contribution is -0.0960. The molecule has 6 heteroatoms. The van der Waals surface area contributed by atoms with Crippen LogP contribution >= 0.6 is 11.3 Å². The highest BCUT2D eigenvalue weighted by Crippen LogP contribution is 2.25. The molecule has 1 aliphatic rings. The van der Waals surface area contributed by atoms with E-state index in [-0.39, 0.29) is 11.6 Å². The molecule has 0 aromatic carbocycles. The molecule has 0 spiro atoms. The molecule has 1 fully saturated rings. The minimum Gasteiger partial charge on any atom is -0.376 e. The van der Waals surface area contributed by atoms with Crippen LogP contribution in [-0.4, -0.2) is 34.6 Å². The van der Waals surface area contributed by atoms with Gasteiger partial charge in [-0.2, -0.15) is 5.10 Å².